The number of carbonyl (C=O) groups excluding carboxylic acids is 1. The quantitative estimate of drug-likeness (QED) is 0.365. The molecule has 0 radical (unpaired) electrons. The molecule has 1 amide bonds. The van der Waals surface area contributed by atoms with Gasteiger partial charge in [-0.15, -0.1) is 0 Å². The van der Waals surface area contributed by atoms with Crippen molar-refractivity contribution in [2.45, 2.75) is 0 Å². The molecule has 0 saturated carbocycles. The molecule has 0 aliphatic rings. The summed E-state index contributed by atoms with van der Waals surface area (Å²) in [6.45, 7) is 0. The summed E-state index contributed by atoms with van der Waals surface area (Å²) in [6.07, 6.45) is 1.61. The van der Waals surface area contributed by atoms with Crippen LogP contribution in [0.2, 0.25) is 0 Å². The summed E-state index contributed by atoms with van der Waals surface area (Å²) in [5, 5.41) is 2.90. The Hall–Kier alpha value is -3.58. The van der Waals surface area contributed by atoms with Gasteiger partial charge >= 0.3 is 0 Å². The van der Waals surface area contributed by atoms with Crippen LogP contribution in [0.15, 0.2) is 81.8 Å². The van der Waals surface area contributed by atoms with E-state index >= 15 is 0 Å². The Bertz CT molecular complexity index is 1220. The molecule has 1 heterocycles. The molecule has 6 nitrogen and oxygen atoms in total. The normalized spacial score (nSPS) is 10.5. The number of benzene rings is 3. The summed E-state index contributed by atoms with van der Waals surface area (Å²) in [5.41, 5.74) is 2.48. The first-order valence-corrected chi connectivity index (χ1v) is 10.2. The van der Waals surface area contributed by atoms with Crippen LogP contribution in [0.4, 0.5) is 5.69 Å². The summed E-state index contributed by atoms with van der Waals surface area (Å²) >= 11 is 3.39. The number of carbonyl (C=O) groups is 1. The zero-order valence-electron chi connectivity index (χ0n) is 16.9. The number of nitrogens with zero attached hydrogens (tertiary/aromatic N) is 1. The average Bonchev–Trinajstić information content (AvgIpc) is 3.30. The van der Waals surface area contributed by atoms with Gasteiger partial charge < -0.3 is 19.2 Å². The minimum absolute atomic E-state index is 0.250. The molecule has 0 unspecified atom stereocenters. The lowest BCUT2D eigenvalue weighted by atomic mass is 10.1. The molecule has 31 heavy (non-hydrogen) atoms. The van der Waals surface area contributed by atoms with Gasteiger partial charge in [0.1, 0.15) is 11.5 Å². The predicted octanol–water partition coefficient (Wildman–Crippen LogP) is 6.04. The topological polar surface area (TPSA) is 73.6 Å². The van der Waals surface area contributed by atoms with Crippen LogP contribution in [0.1, 0.15) is 10.4 Å². The highest BCUT2D eigenvalue weighted by Crippen LogP contribution is 2.35. The van der Waals surface area contributed by atoms with Crippen molar-refractivity contribution in [1.82, 2.24) is 4.98 Å². The maximum atomic E-state index is 12.9. The van der Waals surface area contributed by atoms with E-state index in [1.54, 1.807) is 44.7 Å². The first kappa shape index (κ1) is 20.7. The Balaban J connectivity index is 1.66. The van der Waals surface area contributed by atoms with Crippen molar-refractivity contribution < 1.29 is 18.7 Å². The zero-order valence-corrected chi connectivity index (χ0v) is 18.5. The molecule has 1 aromatic heterocycles. The van der Waals surface area contributed by atoms with E-state index in [-0.39, 0.29) is 5.91 Å². The lowest BCUT2D eigenvalue weighted by Crippen LogP contribution is -2.13. The third-order valence-electron chi connectivity index (χ3n) is 4.68. The molecule has 3 aromatic carbocycles. The number of hydrogen-bond acceptors (Lipinski definition) is 5. The fourth-order valence-electron chi connectivity index (χ4n) is 3.12. The van der Waals surface area contributed by atoms with Gasteiger partial charge in [0.05, 0.1) is 31.5 Å². The molecule has 7 heteroatoms. The van der Waals surface area contributed by atoms with Crippen LogP contribution in [-0.4, -0.2) is 25.1 Å². The molecule has 0 aliphatic carbocycles. The lowest BCUT2D eigenvalue weighted by Gasteiger charge is -2.09. The van der Waals surface area contributed by atoms with Gasteiger partial charge in [-0.2, -0.15) is 0 Å². The number of nitrogens with one attached hydrogen (secondary N) is 1. The van der Waals surface area contributed by atoms with Crippen molar-refractivity contribution in [1.29, 1.82) is 0 Å². The van der Waals surface area contributed by atoms with Gasteiger partial charge in [-0.3, -0.25) is 4.79 Å². The fraction of sp³-hybridized carbons (Fsp3) is 0.0833. The third-order valence-corrected chi connectivity index (χ3v) is 5.21. The first-order chi connectivity index (χ1) is 15.1. The second-order valence-electron chi connectivity index (χ2n) is 6.60. The average molecular weight is 479 g/mol. The van der Waals surface area contributed by atoms with Gasteiger partial charge in [-0.25, -0.2) is 4.98 Å². The van der Waals surface area contributed by atoms with Crippen molar-refractivity contribution in [3.8, 4) is 34.3 Å². The standard InChI is InChI=1S/C24H19BrN2O4/c1-29-17-11-12-20(21(13-17)30-2)22-14-26-24(31-22)19-6-4-3-5-18(19)23(28)27-16-9-7-15(25)8-10-16/h3-14H,1-2H3,(H,27,28). The van der Waals surface area contributed by atoms with E-state index < -0.39 is 0 Å². The van der Waals surface area contributed by atoms with E-state index in [2.05, 4.69) is 26.2 Å². The van der Waals surface area contributed by atoms with Crippen LogP contribution >= 0.6 is 15.9 Å². The summed E-state index contributed by atoms with van der Waals surface area (Å²) in [7, 11) is 3.18. The number of oxazole rings is 1. The molecule has 4 aromatic rings. The van der Waals surface area contributed by atoms with E-state index in [1.807, 2.05) is 42.5 Å². The Morgan fingerprint density at radius 2 is 1.74 bits per heavy atom. The second kappa shape index (κ2) is 9.06. The number of anilines is 1. The molecular formula is C24H19BrN2O4. The number of halogens is 1. The monoisotopic (exact) mass is 478 g/mol. The highest BCUT2D eigenvalue weighted by molar-refractivity contribution is 9.10. The molecule has 0 aliphatic heterocycles. The summed E-state index contributed by atoms with van der Waals surface area (Å²) in [6, 6.07) is 20.0. The summed E-state index contributed by atoms with van der Waals surface area (Å²) < 4.78 is 17.7. The van der Waals surface area contributed by atoms with Crippen molar-refractivity contribution in [2.24, 2.45) is 0 Å². The van der Waals surface area contributed by atoms with E-state index in [1.165, 1.54) is 0 Å². The maximum Gasteiger partial charge on any atom is 0.256 e. The van der Waals surface area contributed by atoms with Crippen LogP contribution in [-0.2, 0) is 0 Å². The third kappa shape index (κ3) is 4.46. The SMILES string of the molecule is COc1ccc(-c2cnc(-c3ccccc3C(=O)Nc3ccc(Br)cc3)o2)c(OC)c1. The van der Waals surface area contributed by atoms with Crippen molar-refractivity contribution >= 4 is 27.5 Å². The molecule has 0 spiro atoms. The number of methoxy groups -OCH3 is 2. The van der Waals surface area contributed by atoms with Gasteiger partial charge in [0, 0.05) is 21.8 Å². The van der Waals surface area contributed by atoms with Gasteiger partial charge in [0.25, 0.3) is 5.91 Å². The summed E-state index contributed by atoms with van der Waals surface area (Å²) in [5.74, 6) is 1.89. The highest BCUT2D eigenvalue weighted by atomic mass is 79.9. The Morgan fingerprint density at radius 3 is 2.48 bits per heavy atom. The van der Waals surface area contributed by atoms with E-state index in [0.29, 0.717) is 40.0 Å². The molecule has 0 saturated heterocycles. The van der Waals surface area contributed by atoms with Crippen molar-refractivity contribution in [2.75, 3.05) is 19.5 Å². The van der Waals surface area contributed by atoms with E-state index in [9.17, 15) is 4.79 Å². The number of aromatic nitrogens is 1. The molecular weight excluding hydrogens is 460 g/mol. The van der Waals surface area contributed by atoms with Crippen LogP contribution in [0, 0.1) is 0 Å². The molecule has 0 fully saturated rings. The maximum absolute atomic E-state index is 12.9. The fourth-order valence-corrected chi connectivity index (χ4v) is 3.39. The minimum Gasteiger partial charge on any atom is -0.497 e. The van der Waals surface area contributed by atoms with Crippen LogP contribution < -0.4 is 14.8 Å². The van der Waals surface area contributed by atoms with Crippen LogP contribution in [0.3, 0.4) is 0 Å². The molecule has 4 rings (SSSR count). The van der Waals surface area contributed by atoms with Gasteiger partial charge in [-0.1, -0.05) is 28.1 Å². The van der Waals surface area contributed by atoms with Crippen molar-refractivity contribution in [3.05, 3.63) is 83.0 Å². The van der Waals surface area contributed by atoms with E-state index in [4.69, 9.17) is 13.9 Å². The Kier molecular flexibility index (Phi) is 6.04. The smallest absolute Gasteiger partial charge is 0.256 e. The second-order valence-corrected chi connectivity index (χ2v) is 7.52. The van der Waals surface area contributed by atoms with Gasteiger partial charge in [0.2, 0.25) is 5.89 Å². The van der Waals surface area contributed by atoms with Crippen LogP contribution in [0.25, 0.3) is 22.8 Å². The van der Waals surface area contributed by atoms with Gasteiger partial charge in [-0.05, 0) is 48.5 Å². The first-order valence-electron chi connectivity index (χ1n) is 9.43. The Morgan fingerprint density at radius 1 is 0.968 bits per heavy atom. The molecule has 0 atom stereocenters. The Labute approximate surface area is 188 Å². The largest absolute Gasteiger partial charge is 0.497 e. The molecule has 156 valence electrons. The van der Waals surface area contributed by atoms with Crippen LogP contribution in [0.5, 0.6) is 11.5 Å². The molecule has 1 N–H and O–H groups in total. The predicted molar refractivity (Wildman–Crippen MR) is 123 cm³/mol. The molecule has 0 bridgehead atoms. The number of amides is 1. The zero-order chi connectivity index (χ0) is 21.8. The lowest BCUT2D eigenvalue weighted by molar-refractivity contribution is 0.102. The number of rotatable bonds is 6. The van der Waals surface area contributed by atoms with E-state index in [0.717, 1.165) is 10.0 Å². The minimum atomic E-state index is -0.250. The van der Waals surface area contributed by atoms with Crippen molar-refractivity contribution in [3.63, 3.8) is 0 Å². The number of hydrogen-bond donors (Lipinski definition) is 1. The number of ether oxygens (including phenoxy) is 2. The summed E-state index contributed by atoms with van der Waals surface area (Å²) in [4.78, 5) is 17.3. The highest BCUT2D eigenvalue weighted by Gasteiger charge is 2.18. The van der Waals surface area contributed by atoms with Gasteiger partial charge in [0.15, 0.2) is 5.76 Å².